The van der Waals surface area contributed by atoms with Crippen molar-refractivity contribution < 1.29 is 9.59 Å². The minimum atomic E-state index is -0.534. The Balaban J connectivity index is 1.48. The molecular formula is C19H20N4O2S2. The Bertz CT molecular complexity index is 961. The van der Waals surface area contributed by atoms with Gasteiger partial charge >= 0.3 is 0 Å². The topological polar surface area (TPSA) is 67.2 Å². The summed E-state index contributed by atoms with van der Waals surface area (Å²) < 4.78 is 2.89. The van der Waals surface area contributed by atoms with E-state index in [0.29, 0.717) is 5.56 Å². The van der Waals surface area contributed by atoms with Gasteiger partial charge in [-0.05, 0) is 37.3 Å². The average molecular weight is 401 g/mol. The predicted molar refractivity (Wildman–Crippen MR) is 110 cm³/mol. The first-order valence-corrected chi connectivity index (χ1v) is 10.8. The van der Waals surface area contributed by atoms with E-state index in [9.17, 15) is 9.59 Å². The third kappa shape index (κ3) is 3.86. The first kappa shape index (κ1) is 18.1. The number of amides is 2. The van der Waals surface area contributed by atoms with Crippen LogP contribution in [0, 0.1) is 0 Å². The molecule has 27 heavy (non-hydrogen) atoms. The number of nitrogens with one attached hydrogen (secondary N) is 1. The third-order valence-corrected chi connectivity index (χ3v) is 6.48. The van der Waals surface area contributed by atoms with Gasteiger partial charge in [0.05, 0.1) is 10.2 Å². The molecule has 0 aliphatic carbocycles. The molecule has 0 spiro atoms. The lowest BCUT2D eigenvalue weighted by atomic mass is 10.2. The van der Waals surface area contributed by atoms with Crippen molar-refractivity contribution in [3.63, 3.8) is 0 Å². The lowest BCUT2D eigenvalue weighted by Crippen LogP contribution is -2.49. The van der Waals surface area contributed by atoms with Crippen molar-refractivity contribution in [2.75, 3.05) is 24.6 Å². The van der Waals surface area contributed by atoms with Gasteiger partial charge in [-0.3, -0.25) is 9.59 Å². The molecule has 3 aromatic rings. The van der Waals surface area contributed by atoms with Crippen LogP contribution in [0.15, 0.2) is 42.7 Å². The van der Waals surface area contributed by atoms with E-state index < -0.39 is 6.04 Å². The second-order valence-electron chi connectivity index (χ2n) is 6.40. The number of thiazole rings is 1. The summed E-state index contributed by atoms with van der Waals surface area (Å²) in [4.78, 5) is 31.5. The number of rotatable bonds is 4. The highest BCUT2D eigenvalue weighted by Crippen LogP contribution is 2.26. The van der Waals surface area contributed by atoms with Crippen molar-refractivity contribution in [1.29, 1.82) is 0 Å². The van der Waals surface area contributed by atoms with Crippen molar-refractivity contribution >= 4 is 45.1 Å². The van der Waals surface area contributed by atoms with Gasteiger partial charge in [-0.25, -0.2) is 4.98 Å². The van der Waals surface area contributed by atoms with Crippen LogP contribution in [-0.2, 0) is 4.79 Å². The van der Waals surface area contributed by atoms with Crippen LogP contribution in [0.25, 0.3) is 15.3 Å². The van der Waals surface area contributed by atoms with Gasteiger partial charge in [0.1, 0.15) is 6.04 Å². The van der Waals surface area contributed by atoms with E-state index in [1.54, 1.807) is 13.0 Å². The van der Waals surface area contributed by atoms with Crippen LogP contribution in [-0.4, -0.2) is 56.9 Å². The zero-order valence-electron chi connectivity index (χ0n) is 14.9. The number of carbonyl (C=O) groups excluding carboxylic acids is 2. The Labute approximate surface area is 165 Å². The van der Waals surface area contributed by atoms with Crippen molar-refractivity contribution in [3.8, 4) is 5.13 Å². The molecule has 1 atom stereocenters. The van der Waals surface area contributed by atoms with E-state index in [4.69, 9.17) is 0 Å². The molecule has 0 unspecified atom stereocenters. The van der Waals surface area contributed by atoms with Crippen LogP contribution in [0.1, 0.15) is 17.3 Å². The normalized spacial score (nSPS) is 15.7. The molecule has 140 valence electrons. The minimum absolute atomic E-state index is 0.0163. The van der Waals surface area contributed by atoms with Gasteiger partial charge in [0.2, 0.25) is 5.91 Å². The highest BCUT2D eigenvalue weighted by Gasteiger charge is 2.24. The Kier molecular flexibility index (Phi) is 5.18. The summed E-state index contributed by atoms with van der Waals surface area (Å²) in [7, 11) is 0. The van der Waals surface area contributed by atoms with Crippen molar-refractivity contribution in [1.82, 2.24) is 19.8 Å². The largest absolute Gasteiger partial charge is 0.341 e. The van der Waals surface area contributed by atoms with E-state index in [0.717, 1.165) is 39.9 Å². The molecule has 8 heteroatoms. The van der Waals surface area contributed by atoms with Gasteiger partial charge in [0.25, 0.3) is 5.91 Å². The number of nitrogens with zero attached hydrogens (tertiary/aromatic N) is 3. The smallest absolute Gasteiger partial charge is 0.251 e. The summed E-state index contributed by atoms with van der Waals surface area (Å²) in [6.07, 6.45) is 3.88. The second-order valence-corrected chi connectivity index (χ2v) is 8.64. The van der Waals surface area contributed by atoms with Crippen molar-refractivity contribution in [3.05, 3.63) is 48.3 Å². The summed E-state index contributed by atoms with van der Waals surface area (Å²) in [5, 5.41) is 3.69. The van der Waals surface area contributed by atoms with E-state index in [2.05, 4.69) is 10.3 Å². The molecule has 4 rings (SSSR count). The number of fused-ring (bicyclic) bond motifs is 1. The van der Waals surface area contributed by atoms with Crippen LogP contribution >= 0.6 is 23.1 Å². The Morgan fingerprint density at radius 1 is 1.19 bits per heavy atom. The number of benzene rings is 1. The Morgan fingerprint density at radius 2 is 1.93 bits per heavy atom. The third-order valence-electron chi connectivity index (χ3n) is 4.51. The summed E-state index contributed by atoms with van der Waals surface area (Å²) in [5.41, 5.74) is 1.40. The van der Waals surface area contributed by atoms with E-state index >= 15 is 0 Å². The van der Waals surface area contributed by atoms with Crippen LogP contribution in [0.5, 0.6) is 0 Å². The molecule has 1 fully saturated rings. The molecule has 2 aromatic heterocycles. The first-order chi connectivity index (χ1) is 13.1. The quantitative estimate of drug-likeness (QED) is 0.731. The molecule has 1 aliphatic heterocycles. The van der Waals surface area contributed by atoms with Crippen molar-refractivity contribution in [2.45, 2.75) is 13.0 Å². The van der Waals surface area contributed by atoms with Gasteiger partial charge in [-0.15, -0.1) is 0 Å². The minimum Gasteiger partial charge on any atom is -0.341 e. The van der Waals surface area contributed by atoms with Gasteiger partial charge in [0, 0.05) is 42.6 Å². The second kappa shape index (κ2) is 7.74. The van der Waals surface area contributed by atoms with Gasteiger partial charge in [-0.2, -0.15) is 11.8 Å². The van der Waals surface area contributed by atoms with Crippen molar-refractivity contribution in [2.24, 2.45) is 0 Å². The zero-order valence-corrected chi connectivity index (χ0v) is 16.6. The van der Waals surface area contributed by atoms with Gasteiger partial charge < -0.3 is 14.8 Å². The van der Waals surface area contributed by atoms with E-state index in [1.807, 2.05) is 57.9 Å². The average Bonchev–Trinajstić information content (AvgIpc) is 3.36. The van der Waals surface area contributed by atoms with E-state index in [1.165, 1.54) is 11.3 Å². The SMILES string of the molecule is C[C@H](NC(=O)c1ccc2nc(-n3cccc3)sc2c1)C(=O)N1CCSCC1. The maximum Gasteiger partial charge on any atom is 0.251 e. The number of hydrogen-bond donors (Lipinski definition) is 1. The van der Waals surface area contributed by atoms with Gasteiger partial charge in [-0.1, -0.05) is 11.3 Å². The van der Waals surface area contributed by atoms with Crippen LogP contribution in [0.4, 0.5) is 0 Å². The fourth-order valence-corrected chi connectivity index (χ4v) is 4.90. The van der Waals surface area contributed by atoms with Crippen LogP contribution in [0.2, 0.25) is 0 Å². The maximum absolute atomic E-state index is 12.6. The van der Waals surface area contributed by atoms with E-state index in [-0.39, 0.29) is 11.8 Å². The van der Waals surface area contributed by atoms with Gasteiger partial charge in [0.15, 0.2) is 5.13 Å². The number of carbonyl (C=O) groups is 2. The molecule has 2 amide bonds. The summed E-state index contributed by atoms with van der Waals surface area (Å²) in [6.45, 7) is 3.24. The Hall–Kier alpha value is -2.32. The van der Waals surface area contributed by atoms with Crippen LogP contribution < -0.4 is 5.32 Å². The molecule has 1 aromatic carbocycles. The molecule has 0 radical (unpaired) electrons. The molecule has 3 heterocycles. The molecule has 0 saturated carbocycles. The lowest BCUT2D eigenvalue weighted by molar-refractivity contribution is -0.132. The fourth-order valence-electron chi connectivity index (χ4n) is 3.03. The first-order valence-electron chi connectivity index (χ1n) is 8.83. The number of hydrogen-bond acceptors (Lipinski definition) is 5. The highest BCUT2D eigenvalue weighted by molar-refractivity contribution is 7.99. The Morgan fingerprint density at radius 3 is 2.67 bits per heavy atom. The molecule has 0 bridgehead atoms. The predicted octanol–water partition coefficient (Wildman–Crippen LogP) is 2.78. The summed E-state index contributed by atoms with van der Waals surface area (Å²) in [5.74, 6) is 1.66. The molecule has 1 aliphatic rings. The summed E-state index contributed by atoms with van der Waals surface area (Å²) in [6, 6.07) is 8.81. The fraction of sp³-hybridized carbons (Fsp3) is 0.316. The standard InChI is InChI=1S/C19H20N4O2S2/c1-13(18(25)22-8-10-26-11-9-22)20-17(24)14-4-5-15-16(12-14)27-19(21-15)23-6-2-3-7-23/h2-7,12-13H,8-11H2,1H3,(H,20,24)/t13-/m0/s1. The maximum atomic E-state index is 12.6. The monoisotopic (exact) mass is 400 g/mol. The lowest BCUT2D eigenvalue weighted by Gasteiger charge is -2.29. The number of thioether (sulfide) groups is 1. The molecule has 6 nitrogen and oxygen atoms in total. The highest BCUT2D eigenvalue weighted by atomic mass is 32.2. The van der Waals surface area contributed by atoms with Crippen LogP contribution in [0.3, 0.4) is 0 Å². The molecular weight excluding hydrogens is 380 g/mol. The summed E-state index contributed by atoms with van der Waals surface area (Å²) >= 11 is 3.38. The molecule has 1 saturated heterocycles. The molecule has 1 N–H and O–H groups in total. The number of aromatic nitrogens is 2. The zero-order chi connectivity index (χ0) is 18.8.